The topological polar surface area (TPSA) is 71.9 Å². The number of rotatable bonds is 2. The molecule has 4 heteroatoms. The molecule has 0 saturated carbocycles. The van der Waals surface area contributed by atoms with Gasteiger partial charge in [0.05, 0.1) is 5.56 Å². The predicted octanol–water partition coefficient (Wildman–Crippen LogP) is 0.152. The van der Waals surface area contributed by atoms with E-state index in [1.165, 1.54) is 4.57 Å². The molecule has 0 amide bonds. The second kappa shape index (κ2) is 3.21. The molecule has 0 bridgehead atoms. The Labute approximate surface area is 70.1 Å². The summed E-state index contributed by atoms with van der Waals surface area (Å²) in [5, 5.41) is 7.11. The summed E-state index contributed by atoms with van der Waals surface area (Å²) in [7, 11) is 0. The summed E-state index contributed by atoms with van der Waals surface area (Å²) in [6, 6.07) is 3.26. The van der Waals surface area contributed by atoms with Crippen molar-refractivity contribution in [2.75, 3.05) is 0 Å². The van der Waals surface area contributed by atoms with Gasteiger partial charge in [0.2, 0.25) is 0 Å². The molecule has 0 atom stereocenters. The zero-order valence-electron chi connectivity index (χ0n) is 6.87. The molecule has 1 rings (SSSR count). The van der Waals surface area contributed by atoms with Crippen LogP contribution in [0, 0.1) is 5.41 Å². The molecule has 0 aliphatic carbocycles. The number of amidine groups is 1. The van der Waals surface area contributed by atoms with Crippen LogP contribution in [-0.2, 0) is 6.54 Å². The van der Waals surface area contributed by atoms with E-state index >= 15 is 0 Å². The van der Waals surface area contributed by atoms with Crippen LogP contribution in [0.2, 0.25) is 0 Å². The van der Waals surface area contributed by atoms with E-state index in [0.29, 0.717) is 6.54 Å². The lowest BCUT2D eigenvalue weighted by Crippen LogP contribution is -2.28. The molecule has 0 spiro atoms. The van der Waals surface area contributed by atoms with Gasteiger partial charge < -0.3 is 10.3 Å². The lowest BCUT2D eigenvalue weighted by molar-refractivity contribution is 0.725. The third-order valence-electron chi connectivity index (χ3n) is 1.65. The number of pyridine rings is 1. The number of nitrogens with two attached hydrogens (primary N) is 1. The van der Waals surface area contributed by atoms with Gasteiger partial charge in [-0.3, -0.25) is 10.2 Å². The lowest BCUT2D eigenvalue weighted by Gasteiger charge is -2.02. The van der Waals surface area contributed by atoms with Gasteiger partial charge in [0.1, 0.15) is 5.84 Å². The third-order valence-corrected chi connectivity index (χ3v) is 1.65. The van der Waals surface area contributed by atoms with Crippen molar-refractivity contribution in [3.05, 3.63) is 34.2 Å². The highest BCUT2D eigenvalue weighted by atomic mass is 16.1. The predicted molar refractivity (Wildman–Crippen MR) is 47.4 cm³/mol. The molecule has 0 radical (unpaired) electrons. The summed E-state index contributed by atoms with van der Waals surface area (Å²) >= 11 is 0. The Kier molecular flexibility index (Phi) is 2.28. The maximum absolute atomic E-state index is 11.4. The molecule has 1 aromatic heterocycles. The Balaban J connectivity index is 3.33. The Morgan fingerprint density at radius 2 is 2.42 bits per heavy atom. The van der Waals surface area contributed by atoms with Gasteiger partial charge in [0.25, 0.3) is 5.56 Å². The molecule has 4 nitrogen and oxygen atoms in total. The second-order valence-electron chi connectivity index (χ2n) is 2.43. The van der Waals surface area contributed by atoms with E-state index in [9.17, 15) is 4.79 Å². The maximum Gasteiger partial charge on any atom is 0.261 e. The van der Waals surface area contributed by atoms with E-state index in [1.807, 2.05) is 6.92 Å². The van der Waals surface area contributed by atoms with Crippen LogP contribution in [0.1, 0.15) is 12.5 Å². The molecule has 0 unspecified atom stereocenters. The summed E-state index contributed by atoms with van der Waals surface area (Å²) in [6.07, 6.45) is 1.68. The summed E-state index contributed by atoms with van der Waals surface area (Å²) in [5.41, 5.74) is 5.27. The average molecular weight is 165 g/mol. The standard InChI is InChI=1S/C8H11N3O/c1-2-11-5-3-4-6(7(9)10)8(11)12/h3-5H,2H2,1H3,(H3,9,10). The molecule has 0 fully saturated rings. The van der Waals surface area contributed by atoms with Gasteiger partial charge in [-0.2, -0.15) is 0 Å². The van der Waals surface area contributed by atoms with Gasteiger partial charge in [0, 0.05) is 12.7 Å². The Bertz CT molecular complexity index is 354. The first-order valence-corrected chi connectivity index (χ1v) is 3.70. The van der Waals surface area contributed by atoms with Crippen molar-refractivity contribution in [2.24, 2.45) is 5.73 Å². The SMILES string of the molecule is CCn1cccc(C(=N)N)c1=O. The monoisotopic (exact) mass is 165 g/mol. The molecule has 1 heterocycles. The summed E-state index contributed by atoms with van der Waals surface area (Å²) in [6.45, 7) is 2.46. The largest absolute Gasteiger partial charge is 0.384 e. The van der Waals surface area contributed by atoms with Crippen LogP contribution in [0.5, 0.6) is 0 Å². The zero-order valence-corrected chi connectivity index (χ0v) is 6.87. The molecule has 0 aliphatic heterocycles. The molecule has 0 aromatic carbocycles. The van der Waals surface area contributed by atoms with Crippen molar-refractivity contribution in [1.82, 2.24) is 4.57 Å². The smallest absolute Gasteiger partial charge is 0.261 e. The van der Waals surface area contributed by atoms with Gasteiger partial charge in [-0.25, -0.2) is 0 Å². The van der Waals surface area contributed by atoms with E-state index in [-0.39, 0.29) is 17.0 Å². The van der Waals surface area contributed by atoms with E-state index in [2.05, 4.69) is 0 Å². The van der Waals surface area contributed by atoms with E-state index in [0.717, 1.165) is 0 Å². The maximum atomic E-state index is 11.4. The van der Waals surface area contributed by atoms with Crippen LogP contribution in [0.4, 0.5) is 0 Å². The van der Waals surface area contributed by atoms with Gasteiger partial charge in [-0.1, -0.05) is 0 Å². The minimum atomic E-state index is -0.201. The van der Waals surface area contributed by atoms with Crippen molar-refractivity contribution in [3.8, 4) is 0 Å². The fourth-order valence-corrected chi connectivity index (χ4v) is 0.991. The summed E-state index contributed by atoms with van der Waals surface area (Å²) in [4.78, 5) is 11.4. The van der Waals surface area contributed by atoms with E-state index in [4.69, 9.17) is 11.1 Å². The molecule has 64 valence electrons. The Morgan fingerprint density at radius 1 is 1.75 bits per heavy atom. The van der Waals surface area contributed by atoms with Crippen molar-refractivity contribution < 1.29 is 0 Å². The van der Waals surface area contributed by atoms with Gasteiger partial charge in [0.15, 0.2) is 0 Å². The number of aromatic nitrogens is 1. The Morgan fingerprint density at radius 3 is 2.92 bits per heavy atom. The van der Waals surface area contributed by atoms with Crippen LogP contribution in [0.3, 0.4) is 0 Å². The molecule has 0 saturated heterocycles. The number of nitrogens with zero attached hydrogens (tertiary/aromatic N) is 1. The zero-order chi connectivity index (χ0) is 9.14. The quantitative estimate of drug-likeness (QED) is 0.483. The highest BCUT2D eigenvalue weighted by molar-refractivity contribution is 5.94. The van der Waals surface area contributed by atoms with Crippen LogP contribution >= 0.6 is 0 Å². The molecular weight excluding hydrogens is 154 g/mol. The van der Waals surface area contributed by atoms with Crippen LogP contribution in [0.25, 0.3) is 0 Å². The molecular formula is C8H11N3O. The minimum absolute atomic E-state index is 0.178. The van der Waals surface area contributed by atoms with Crippen molar-refractivity contribution in [2.45, 2.75) is 13.5 Å². The highest BCUT2D eigenvalue weighted by Gasteiger charge is 2.03. The first kappa shape index (κ1) is 8.52. The first-order chi connectivity index (χ1) is 5.66. The van der Waals surface area contributed by atoms with Crippen molar-refractivity contribution in [3.63, 3.8) is 0 Å². The van der Waals surface area contributed by atoms with E-state index < -0.39 is 0 Å². The van der Waals surface area contributed by atoms with Gasteiger partial charge in [-0.05, 0) is 19.1 Å². The third kappa shape index (κ3) is 1.37. The van der Waals surface area contributed by atoms with E-state index in [1.54, 1.807) is 18.3 Å². The molecule has 3 N–H and O–H groups in total. The molecule has 0 aliphatic rings. The summed E-state index contributed by atoms with van der Waals surface area (Å²) < 4.78 is 1.51. The number of nitrogens with one attached hydrogen (secondary N) is 1. The first-order valence-electron chi connectivity index (χ1n) is 3.70. The second-order valence-corrected chi connectivity index (χ2v) is 2.43. The number of aryl methyl sites for hydroxylation is 1. The average Bonchev–Trinajstić information content (AvgIpc) is 2.04. The van der Waals surface area contributed by atoms with Crippen LogP contribution < -0.4 is 11.3 Å². The van der Waals surface area contributed by atoms with Crippen LogP contribution in [0.15, 0.2) is 23.1 Å². The van der Waals surface area contributed by atoms with Gasteiger partial charge in [-0.15, -0.1) is 0 Å². The van der Waals surface area contributed by atoms with Crippen LogP contribution in [-0.4, -0.2) is 10.4 Å². The Hall–Kier alpha value is -1.58. The number of nitrogen functional groups attached to an aromatic ring is 1. The number of hydrogen-bond donors (Lipinski definition) is 2. The molecule has 12 heavy (non-hydrogen) atoms. The normalized spacial score (nSPS) is 9.75. The van der Waals surface area contributed by atoms with Crippen molar-refractivity contribution in [1.29, 1.82) is 5.41 Å². The fraction of sp³-hybridized carbons (Fsp3) is 0.250. The fourth-order valence-electron chi connectivity index (χ4n) is 0.991. The van der Waals surface area contributed by atoms with Gasteiger partial charge >= 0.3 is 0 Å². The minimum Gasteiger partial charge on any atom is -0.384 e. The highest BCUT2D eigenvalue weighted by Crippen LogP contribution is 1.89. The summed E-state index contributed by atoms with van der Waals surface area (Å²) in [5.74, 6) is -0.178. The van der Waals surface area contributed by atoms with Crippen molar-refractivity contribution >= 4 is 5.84 Å². The lowest BCUT2D eigenvalue weighted by atomic mass is 10.2. The number of hydrogen-bond acceptors (Lipinski definition) is 2. The molecule has 1 aromatic rings.